The molecule has 0 saturated carbocycles. The van der Waals surface area contributed by atoms with E-state index < -0.39 is 0 Å². The average molecular weight is 150 g/mol. The van der Waals surface area contributed by atoms with Crippen LogP contribution in [0.1, 0.15) is 0 Å². The van der Waals surface area contributed by atoms with Crippen molar-refractivity contribution >= 4 is 5.69 Å². The number of hydrogen-bond donors (Lipinski definition) is 2. The lowest BCUT2D eigenvalue weighted by Gasteiger charge is -1.94. The van der Waals surface area contributed by atoms with Crippen LogP contribution < -0.4 is 5.73 Å². The quantitative estimate of drug-likeness (QED) is 0.577. The number of H-pyrrole nitrogens is 1. The molecule has 0 unspecified atom stereocenters. The molecule has 0 spiro atoms. The van der Waals surface area contributed by atoms with Gasteiger partial charge >= 0.3 is 0 Å². The van der Waals surface area contributed by atoms with Crippen molar-refractivity contribution in [3.63, 3.8) is 0 Å². The second-order valence-corrected chi connectivity index (χ2v) is 2.04. The predicted molar refractivity (Wildman–Crippen MR) is 37.9 cm³/mol. The number of aromatic amines is 1. The molecule has 0 aliphatic rings. The molecule has 0 atom stereocenters. The molecular formula is C5H6N6. The van der Waals surface area contributed by atoms with Gasteiger partial charge in [0.05, 0.1) is 11.9 Å². The molecule has 0 aliphatic carbocycles. The summed E-state index contributed by atoms with van der Waals surface area (Å²) in [7, 11) is 0. The molecule has 6 nitrogen and oxygen atoms in total. The summed E-state index contributed by atoms with van der Waals surface area (Å²) >= 11 is 0. The summed E-state index contributed by atoms with van der Waals surface area (Å²) in [5, 5.41) is 13.7. The van der Waals surface area contributed by atoms with Gasteiger partial charge in [0.1, 0.15) is 12.7 Å². The SMILES string of the molecule is Nc1cn[nH]c1-n1cnnc1. The first-order chi connectivity index (χ1) is 5.38. The van der Waals surface area contributed by atoms with E-state index in [0.29, 0.717) is 11.5 Å². The minimum atomic E-state index is 0.574. The highest BCUT2D eigenvalue weighted by Crippen LogP contribution is 2.09. The number of anilines is 1. The molecule has 0 saturated heterocycles. The predicted octanol–water partition coefficient (Wildman–Crippen LogP) is -0.427. The van der Waals surface area contributed by atoms with Crippen LogP contribution in [0, 0.1) is 0 Å². The number of nitrogens with one attached hydrogen (secondary N) is 1. The largest absolute Gasteiger partial charge is 0.394 e. The van der Waals surface area contributed by atoms with Crippen LogP contribution in [-0.4, -0.2) is 25.0 Å². The number of nitrogens with zero attached hydrogens (tertiary/aromatic N) is 4. The molecule has 11 heavy (non-hydrogen) atoms. The van der Waals surface area contributed by atoms with Crippen LogP contribution >= 0.6 is 0 Å². The van der Waals surface area contributed by atoms with Crippen LogP contribution in [0.4, 0.5) is 5.69 Å². The maximum absolute atomic E-state index is 5.56. The van der Waals surface area contributed by atoms with E-state index in [1.54, 1.807) is 17.2 Å². The minimum Gasteiger partial charge on any atom is -0.394 e. The van der Waals surface area contributed by atoms with Crippen molar-refractivity contribution in [1.82, 2.24) is 25.0 Å². The van der Waals surface area contributed by atoms with Gasteiger partial charge in [0.15, 0.2) is 5.82 Å². The number of nitrogen functional groups attached to an aromatic ring is 1. The third-order valence-electron chi connectivity index (χ3n) is 1.32. The lowest BCUT2D eigenvalue weighted by Crippen LogP contribution is -1.95. The molecule has 2 aromatic heterocycles. The fourth-order valence-electron chi connectivity index (χ4n) is 0.812. The van der Waals surface area contributed by atoms with Crippen molar-refractivity contribution in [3.8, 4) is 5.82 Å². The van der Waals surface area contributed by atoms with E-state index in [9.17, 15) is 0 Å². The van der Waals surface area contributed by atoms with Gasteiger partial charge in [-0.2, -0.15) is 5.10 Å². The van der Waals surface area contributed by atoms with Crippen LogP contribution in [0.2, 0.25) is 0 Å². The Hall–Kier alpha value is -1.85. The summed E-state index contributed by atoms with van der Waals surface area (Å²) in [4.78, 5) is 0. The van der Waals surface area contributed by atoms with E-state index in [4.69, 9.17) is 5.73 Å². The highest BCUT2D eigenvalue weighted by Gasteiger charge is 2.01. The van der Waals surface area contributed by atoms with E-state index in [1.807, 2.05) is 0 Å². The van der Waals surface area contributed by atoms with Gasteiger partial charge in [0.2, 0.25) is 0 Å². The Morgan fingerprint density at radius 3 is 2.64 bits per heavy atom. The maximum atomic E-state index is 5.56. The van der Waals surface area contributed by atoms with Gasteiger partial charge in [-0.3, -0.25) is 9.67 Å². The van der Waals surface area contributed by atoms with E-state index in [2.05, 4.69) is 20.4 Å². The first kappa shape index (κ1) is 5.90. The summed E-state index contributed by atoms with van der Waals surface area (Å²) in [5.41, 5.74) is 6.14. The van der Waals surface area contributed by atoms with Crippen LogP contribution in [-0.2, 0) is 0 Å². The van der Waals surface area contributed by atoms with E-state index in [0.717, 1.165) is 0 Å². The second kappa shape index (κ2) is 2.08. The molecule has 2 aromatic rings. The van der Waals surface area contributed by atoms with Gasteiger partial charge < -0.3 is 5.73 Å². The van der Waals surface area contributed by atoms with Crippen LogP contribution in [0.3, 0.4) is 0 Å². The Bertz CT molecular complexity index is 333. The fraction of sp³-hybridized carbons (Fsp3) is 0. The number of hydrogen-bond acceptors (Lipinski definition) is 4. The highest BCUT2D eigenvalue weighted by atomic mass is 15.3. The standard InChI is InChI=1S/C5H6N6/c6-4-1-7-10-5(4)11-2-8-9-3-11/h1-3H,6H2,(H,7,10). The summed E-state index contributed by atoms with van der Waals surface area (Å²) < 4.78 is 1.66. The van der Waals surface area contributed by atoms with Crippen molar-refractivity contribution < 1.29 is 0 Å². The van der Waals surface area contributed by atoms with Gasteiger partial charge in [0.25, 0.3) is 0 Å². The highest BCUT2D eigenvalue weighted by molar-refractivity contribution is 5.50. The van der Waals surface area contributed by atoms with Crippen molar-refractivity contribution in [2.75, 3.05) is 5.73 Å². The normalized spacial score (nSPS) is 10.2. The molecule has 2 rings (SSSR count). The third-order valence-corrected chi connectivity index (χ3v) is 1.32. The zero-order valence-corrected chi connectivity index (χ0v) is 5.60. The number of aromatic nitrogens is 5. The van der Waals surface area contributed by atoms with E-state index in [-0.39, 0.29) is 0 Å². The van der Waals surface area contributed by atoms with Crippen LogP contribution in [0.5, 0.6) is 0 Å². The minimum absolute atomic E-state index is 0.574. The molecule has 0 aliphatic heterocycles. The first-order valence-corrected chi connectivity index (χ1v) is 3.02. The van der Waals surface area contributed by atoms with E-state index >= 15 is 0 Å². The number of nitrogens with two attached hydrogens (primary N) is 1. The molecule has 3 N–H and O–H groups in total. The van der Waals surface area contributed by atoms with Crippen molar-refractivity contribution in [2.24, 2.45) is 0 Å². The van der Waals surface area contributed by atoms with Crippen molar-refractivity contribution in [1.29, 1.82) is 0 Å². The molecule has 0 bridgehead atoms. The second-order valence-electron chi connectivity index (χ2n) is 2.04. The smallest absolute Gasteiger partial charge is 0.158 e. The molecule has 2 heterocycles. The average Bonchev–Trinajstić information content (AvgIpc) is 2.55. The molecule has 56 valence electrons. The van der Waals surface area contributed by atoms with Gasteiger partial charge in [-0.05, 0) is 0 Å². The first-order valence-electron chi connectivity index (χ1n) is 3.02. The lowest BCUT2D eigenvalue weighted by atomic mass is 10.5. The van der Waals surface area contributed by atoms with Gasteiger partial charge in [-0.1, -0.05) is 0 Å². The van der Waals surface area contributed by atoms with Crippen LogP contribution in [0.25, 0.3) is 5.82 Å². The van der Waals surface area contributed by atoms with Gasteiger partial charge in [-0.15, -0.1) is 10.2 Å². The fourth-order valence-corrected chi connectivity index (χ4v) is 0.812. The Balaban J connectivity index is 2.53. The molecule has 6 heteroatoms. The molecular weight excluding hydrogens is 144 g/mol. The maximum Gasteiger partial charge on any atom is 0.158 e. The molecule has 0 amide bonds. The van der Waals surface area contributed by atoms with Crippen molar-refractivity contribution in [3.05, 3.63) is 18.9 Å². The van der Waals surface area contributed by atoms with Gasteiger partial charge in [-0.25, -0.2) is 0 Å². The van der Waals surface area contributed by atoms with Gasteiger partial charge in [0, 0.05) is 0 Å². The lowest BCUT2D eigenvalue weighted by molar-refractivity contribution is 0.955. The summed E-state index contributed by atoms with van der Waals surface area (Å²) in [6, 6.07) is 0. The monoisotopic (exact) mass is 150 g/mol. The Morgan fingerprint density at radius 2 is 2.09 bits per heavy atom. The topological polar surface area (TPSA) is 85.4 Å². The summed E-state index contributed by atoms with van der Waals surface area (Å²) in [6.45, 7) is 0. The zero-order chi connectivity index (χ0) is 7.68. The molecule has 0 radical (unpaired) electrons. The Morgan fingerprint density at radius 1 is 1.36 bits per heavy atom. The van der Waals surface area contributed by atoms with Crippen molar-refractivity contribution in [2.45, 2.75) is 0 Å². The number of rotatable bonds is 1. The van der Waals surface area contributed by atoms with Crippen LogP contribution in [0.15, 0.2) is 18.9 Å². The molecule has 0 fully saturated rings. The summed E-state index contributed by atoms with van der Waals surface area (Å²) in [6.07, 6.45) is 4.63. The Kier molecular flexibility index (Phi) is 1.12. The Labute approximate surface area is 62.1 Å². The molecule has 0 aromatic carbocycles. The zero-order valence-electron chi connectivity index (χ0n) is 5.60. The third kappa shape index (κ3) is 0.841. The summed E-state index contributed by atoms with van der Waals surface area (Å²) in [5.74, 6) is 0.690. The van der Waals surface area contributed by atoms with E-state index in [1.165, 1.54) is 6.20 Å².